The summed E-state index contributed by atoms with van der Waals surface area (Å²) in [5, 5.41) is 5.24. The van der Waals surface area contributed by atoms with E-state index in [-0.39, 0.29) is 11.2 Å². The molecule has 18 aromatic rings. The molecule has 0 aliphatic carbocycles. The lowest BCUT2D eigenvalue weighted by Gasteiger charge is -2.32. The second kappa shape index (κ2) is 27.8. The Morgan fingerprint density at radius 3 is 1.02 bits per heavy atom. The average Bonchev–Trinajstić information content (AvgIpc) is 1.47. The SMILES string of the molecule is CC1(C)OB(c2ccc(-c3nc(-c4ccccc4)nc(-c4ccc(-c5ccccc5)cc4)n3)cc2)OC1(C)C.Clc1nc2cccnc2c2c1sc1ccccc12.c1ccc(-c2ccc(-c3nc(-c4ccccc4)nc(-c4ccc(-c5nc6cccnc6c6c5sc5ccccc56)cc4)n3)cc2)cc1. The largest absolute Gasteiger partial charge is 0.494 e. The zero-order chi connectivity index (χ0) is 70.3. The number of pyridine rings is 4. The van der Waals surface area contributed by atoms with E-state index in [1.807, 2.05) is 152 Å². The Balaban J connectivity index is 0.000000126. The highest BCUT2D eigenvalue weighted by Crippen LogP contribution is 2.44. The van der Waals surface area contributed by atoms with E-state index in [0.717, 1.165) is 103 Å². The van der Waals surface area contributed by atoms with Crippen molar-refractivity contribution in [3.05, 3.63) is 309 Å². The Morgan fingerprint density at radius 1 is 0.298 bits per heavy atom. The van der Waals surface area contributed by atoms with Gasteiger partial charge < -0.3 is 9.31 Å². The summed E-state index contributed by atoms with van der Waals surface area (Å²) >= 11 is 9.71. The Bertz CT molecular complexity index is 6160. The maximum Gasteiger partial charge on any atom is 0.494 e. The van der Waals surface area contributed by atoms with Crippen molar-refractivity contribution in [3.63, 3.8) is 0 Å². The summed E-state index contributed by atoms with van der Waals surface area (Å²) in [6, 6.07) is 98.6. The topological polar surface area (TPSA) is 147 Å². The van der Waals surface area contributed by atoms with Crippen LogP contribution in [0.3, 0.4) is 0 Å². The predicted molar refractivity (Wildman–Crippen MR) is 428 cm³/mol. The first-order chi connectivity index (χ1) is 50.9. The molecule has 1 aliphatic rings. The number of benzene rings is 10. The van der Waals surface area contributed by atoms with E-state index in [1.54, 1.807) is 28.9 Å². The van der Waals surface area contributed by atoms with Gasteiger partial charge in [-0.2, -0.15) is 0 Å². The number of nitrogens with zero attached hydrogens (tertiary/aromatic N) is 10. The fourth-order valence-corrected chi connectivity index (χ4v) is 15.5. The van der Waals surface area contributed by atoms with Gasteiger partial charge in [0.1, 0.15) is 5.15 Å². The lowest BCUT2D eigenvalue weighted by Crippen LogP contribution is -2.41. The first kappa shape index (κ1) is 65.4. The van der Waals surface area contributed by atoms with Crippen molar-refractivity contribution in [2.75, 3.05) is 0 Å². The van der Waals surface area contributed by atoms with Gasteiger partial charge in [-0.1, -0.05) is 266 Å². The Labute approximate surface area is 613 Å². The molecule has 9 heterocycles. The monoisotopic (exact) mass is 1400 g/mol. The van der Waals surface area contributed by atoms with Gasteiger partial charge in [-0.3, -0.25) is 9.97 Å². The molecule has 16 heteroatoms. The number of rotatable bonds is 10. The Kier molecular flexibility index (Phi) is 17.5. The van der Waals surface area contributed by atoms with E-state index in [9.17, 15) is 0 Å². The lowest BCUT2D eigenvalue weighted by molar-refractivity contribution is 0.00578. The smallest absolute Gasteiger partial charge is 0.399 e. The number of thiophene rings is 2. The van der Waals surface area contributed by atoms with Gasteiger partial charge in [0.05, 0.1) is 48.4 Å². The van der Waals surface area contributed by atoms with E-state index in [4.69, 9.17) is 60.8 Å². The molecule has 0 spiro atoms. The molecule has 8 aromatic heterocycles. The first-order valence-electron chi connectivity index (χ1n) is 34.2. The molecule has 0 radical (unpaired) electrons. The van der Waals surface area contributed by atoms with Crippen molar-refractivity contribution in [2.45, 2.75) is 38.9 Å². The van der Waals surface area contributed by atoms with Crippen LogP contribution in [0, 0.1) is 0 Å². The predicted octanol–water partition coefficient (Wildman–Crippen LogP) is 22.0. The number of hydrogen-bond acceptors (Lipinski definition) is 14. The van der Waals surface area contributed by atoms with E-state index in [1.165, 1.54) is 31.3 Å². The molecule has 1 fully saturated rings. The van der Waals surface area contributed by atoms with Gasteiger partial charge >= 0.3 is 7.12 Å². The third-order valence-electron chi connectivity index (χ3n) is 19.0. The first-order valence-corrected chi connectivity index (χ1v) is 36.2. The third-order valence-corrected chi connectivity index (χ3v) is 21.8. The minimum absolute atomic E-state index is 0.389. The van der Waals surface area contributed by atoms with E-state index < -0.39 is 7.12 Å². The van der Waals surface area contributed by atoms with Crippen LogP contribution in [0.1, 0.15) is 27.7 Å². The minimum Gasteiger partial charge on any atom is -0.399 e. The molecular weight excluding hydrogens is 1340 g/mol. The Morgan fingerprint density at radius 2 is 0.606 bits per heavy atom. The molecular formula is C88H62BClN10O2S2. The van der Waals surface area contributed by atoms with Gasteiger partial charge in [0, 0.05) is 82.3 Å². The molecule has 10 aromatic carbocycles. The number of hydrogen-bond donors (Lipinski definition) is 0. The van der Waals surface area contributed by atoms with Crippen LogP contribution < -0.4 is 5.46 Å². The summed E-state index contributed by atoms with van der Waals surface area (Å²) < 4.78 is 17.1. The van der Waals surface area contributed by atoms with Gasteiger partial charge in [0.2, 0.25) is 0 Å². The maximum atomic E-state index is 6.28. The average molecular weight is 1400 g/mol. The summed E-state index contributed by atoms with van der Waals surface area (Å²) in [6.07, 6.45) is 3.64. The van der Waals surface area contributed by atoms with Gasteiger partial charge in [0.25, 0.3) is 0 Å². The minimum atomic E-state index is -0.416. The van der Waals surface area contributed by atoms with Crippen LogP contribution in [-0.4, -0.2) is 68.2 Å². The molecule has 12 nitrogen and oxygen atoms in total. The lowest BCUT2D eigenvalue weighted by atomic mass is 9.79. The van der Waals surface area contributed by atoms with Crippen LogP contribution in [-0.2, 0) is 9.31 Å². The van der Waals surface area contributed by atoms with Crippen LogP contribution in [0.5, 0.6) is 0 Å². The molecule has 498 valence electrons. The standard InChI is InChI=1S/C41H25N5S.C33H30BN3O2.C14H7ClN2S/c1-3-10-26(11-4-1)27-17-21-30(22-18-27)40-44-39(29-12-5-2-6-13-29)45-41(46-40)31-23-19-28(20-24-31)36-38-35(32-14-7-8-16-34(32)47-38)37-33(43-36)15-9-25-42-37;1-32(2)33(3,4)39-34(38-32)28-21-19-27(20-22-28)31-36-29(25-13-9-6-10-14-25)35-30(37-31)26-17-15-24(16-18-26)23-11-7-5-8-12-23;15-14-13-11(8-4-1-2-6-10(8)18-13)12-9(17-14)5-3-7-16-12/h1-25H;5-22H,1-4H3;1-7H. The highest BCUT2D eigenvalue weighted by molar-refractivity contribution is 7.27. The molecule has 0 amide bonds. The summed E-state index contributed by atoms with van der Waals surface area (Å²) in [5.41, 5.74) is 16.0. The van der Waals surface area contributed by atoms with Crippen LogP contribution in [0.2, 0.25) is 5.15 Å². The van der Waals surface area contributed by atoms with Crippen molar-refractivity contribution in [1.82, 2.24) is 49.8 Å². The summed E-state index contributed by atoms with van der Waals surface area (Å²) in [6.45, 7) is 8.24. The van der Waals surface area contributed by atoms with E-state index in [2.05, 4.69) is 183 Å². The van der Waals surface area contributed by atoms with Crippen molar-refractivity contribution in [3.8, 4) is 102 Å². The van der Waals surface area contributed by atoms with Crippen molar-refractivity contribution >= 4 is 109 Å². The number of halogens is 1. The van der Waals surface area contributed by atoms with Crippen LogP contribution in [0.15, 0.2) is 304 Å². The van der Waals surface area contributed by atoms with Gasteiger partial charge in [-0.25, -0.2) is 39.9 Å². The van der Waals surface area contributed by atoms with E-state index in [0.29, 0.717) is 40.1 Å². The molecule has 0 bridgehead atoms. The van der Waals surface area contributed by atoms with Gasteiger partial charge in [-0.05, 0) is 91.8 Å². The fourth-order valence-electron chi connectivity index (χ4n) is 12.9. The van der Waals surface area contributed by atoms with Crippen LogP contribution in [0.4, 0.5) is 0 Å². The third kappa shape index (κ3) is 12.9. The van der Waals surface area contributed by atoms with Crippen LogP contribution >= 0.6 is 34.3 Å². The molecule has 0 unspecified atom stereocenters. The highest BCUT2D eigenvalue weighted by atomic mass is 35.5. The molecule has 19 rings (SSSR count). The zero-order valence-electron chi connectivity index (χ0n) is 56.9. The summed E-state index contributed by atoms with van der Waals surface area (Å²) in [5.74, 6) is 3.78. The molecule has 104 heavy (non-hydrogen) atoms. The molecule has 0 N–H and O–H groups in total. The molecule has 0 atom stereocenters. The van der Waals surface area contributed by atoms with Crippen molar-refractivity contribution in [1.29, 1.82) is 0 Å². The normalized spacial score (nSPS) is 13.1. The molecule has 1 aliphatic heterocycles. The molecule has 0 saturated carbocycles. The number of aromatic nitrogens is 10. The molecule has 1 saturated heterocycles. The van der Waals surface area contributed by atoms with E-state index >= 15 is 0 Å². The maximum absolute atomic E-state index is 6.28. The Hall–Kier alpha value is -11.9. The fraction of sp³-hybridized carbons (Fsp3) is 0.0682. The zero-order valence-corrected chi connectivity index (χ0v) is 59.3. The van der Waals surface area contributed by atoms with Crippen molar-refractivity contribution in [2.24, 2.45) is 0 Å². The van der Waals surface area contributed by atoms with Crippen molar-refractivity contribution < 1.29 is 9.31 Å². The second-order valence-corrected chi connectivity index (χ2v) is 28.7. The highest BCUT2D eigenvalue weighted by Gasteiger charge is 2.51. The quantitative estimate of drug-likeness (QED) is 0.0948. The summed E-state index contributed by atoms with van der Waals surface area (Å²) in [4.78, 5) is 48.1. The summed E-state index contributed by atoms with van der Waals surface area (Å²) in [7, 11) is -0.416. The van der Waals surface area contributed by atoms with Crippen LogP contribution in [0.25, 0.3) is 164 Å². The second-order valence-electron chi connectivity index (χ2n) is 26.2. The van der Waals surface area contributed by atoms with Gasteiger partial charge in [0.15, 0.2) is 34.9 Å². The number of fused-ring (bicyclic) bond motifs is 10. The van der Waals surface area contributed by atoms with Gasteiger partial charge in [-0.15, -0.1) is 22.7 Å².